The van der Waals surface area contributed by atoms with Gasteiger partial charge in [0.2, 0.25) is 0 Å². The molecule has 5 aromatic carbocycles. The van der Waals surface area contributed by atoms with E-state index in [1.807, 2.05) is 97.1 Å². The van der Waals surface area contributed by atoms with Crippen LogP contribution in [0.4, 0.5) is 0 Å². The van der Waals surface area contributed by atoms with Gasteiger partial charge in [-0.25, -0.2) is 19.9 Å². The van der Waals surface area contributed by atoms with E-state index in [1.165, 1.54) is 0 Å². The zero-order valence-electron chi connectivity index (χ0n) is 23.3. The summed E-state index contributed by atoms with van der Waals surface area (Å²) in [6.45, 7) is 0. The molecule has 7 heteroatoms. The van der Waals surface area contributed by atoms with Crippen molar-refractivity contribution in [3.8, 4) is 39.9 Å². The third-order valence-electron chi connectivity index (χ3n) is 7.95. The number of hydrogen-bond acceptors (Lipinski definition) is 6. The predicted octanol–water partition coefficient (Wildman–Crippen LogP) is 8.66. The van der Waals surface area contributed by atoms with Crippen molar-refractivity contribution in [1.29, 1.82) is 0 Å². The first kappa shape index (κ1) is 24.4. The number of benzene rings is 5. The lowest BCUT2D eigenvalue weighted by Gasteiger charge is -2.11. The Hall–Kier alpha value is -6.21. The minimum atomic E-state index is 0.592. The highest BCUT2D eigenvalue weighted by molar-refractivity contribution is 6.26. The van der Waals surface area contributed by atoms with Gasteiger partial charge in [0.05, 0.1) is 5.52 Å². The zero-order chi connectivity index (χ0) is 29.0. The van der Waals surface area contributed by atoms with E-state index in [2.05, 4.69) is 28.8 Å². The molecule has 0 aliphatic carbocycles. The molecule has 0 N–H and O–H groups in total. The third-order valence-corrected chi connectivity index (χ3v) is 7.95. The van der Waals surface area contributed by atoms with Gasteiger partial charge in [-0.3, -0.25) is 9.55 Å². The summed E-state index contributed by atoms with van der Waals surface area (Å²) in [5, 5.41) is 3.11. The summed E-state index contributed by atoms with van der Waals surface area (Å²) in [7, 11) is 0. The lowest BCUT2D eigenvalue weighted by atomic mass is 10.1. The van der Waals surface area contributed by atoms with Crippen LogP contribution in [0.5, 0.6) is 0 Å². The van der Waals surface area contributed by atoms with Gasteiger partial charge in [-0.15, -0.1) is 0 Å². The number of nitrogens with zero attached hydrogens (tertiary/aromatic N) is 6. The molecular formula is C37H22N6O. The third kappa shape index (κ3) is 3.80. The monoisotopic (exact) mass is 566 g/mol. The number of furan rings is 1. The Bertz CT molecular complexity index is 2440. The van der Waals surface area contributed by atoms with Gasteiger partial charge in [0.15, 0.2) is 23.1 Å². The lowest BCUT2D eigenvalue weighted by Crippen LogP contribution is -2.01. The minimum Gasteiger partial charge on any atom is -0.456 e. The van der Waals surface area contributed by atoms with E-state index < -0.39 is 0 Å². The average molecular weight is 567 g/mol. The first-order valence-corrected chi connectivity index (χ1v) is 14.3. The topological polar surface area (TPSA) is 82.5 Å². The van der Waals surface area contributed by atoms with E-state index in [4.69, 9.17) is 29.3 Å². The molecule has 7 nitrogen and oxygen atoms in total. The molecule has 0 spiro atoms. The molecule has 0 fully saturated rings. The highest BCUT2D eigenvalue weighted by Gasteiger charge is 2.21. The van der Waals surface area contributed by atoms with E-state index in [0.29, 0.717) is 17.5 Å². The maximum absolute atomic E-state index is 6.22. The van der Waals surface area contributed by atoms with Crippen LogP contribution in [-0.2, 0) is 0 Å². The van der Waals surface area contributed by atoms with Crippen LogP contribution in [0.3, 0.4) is 0 Å². The van der Waals surface area contributed by atoms with E-state index in [0.717, 1.165) is 66.4 Å². The van der Waals surface area contributed by atoms with Crippen molar-refractivity contribution in [3.63, 3.8) is 0 Å². The second-order valence-electron chi connectivity index (χ2n) is 10.6. The maximum atomic E-state index is 6.22. The number of rotatable bonds is 4. The van der Waals surface area contributed by atoms with Gasteiger partial charge in [-0.2, -0.15) is 0 Å². The quantitative estimate of drug-likeness (QED) is 0.212. The number of hydrogen-bond donors (Lipinski definition) is 0. The molecular weight excluding hydrogens is 544 g/mol. The molecule has 0 aliphatic rings. The summed E-state index contributed by atoms with van der Waals surface area (Å²) in [4.78, 5) is 24.3. The first-order valence-electron chi connectivity index (χ1n) is 14.3. The Morgan fingerprint density at radius 1 is 0.500 bits per heavy atom. The summed E-state index contributed by atoms with van der Waals surface area (Å²) >= 11 is 0. The van der Waals surface area contributed by atoms with Crippen LogP contribution in [0.15, 0.2) is 138 Å². The molecule has 0 aliphatic heterocycles. The van der Waals surface area contributed by atoms with Crippen molar-refractivity contribution in [2.24, 2.45) is 0 Å². The van der Waals surface area contributed by atoms with Crippen LogP contribution >= 0.6 is 0 Å². The van der Waals surface area contributed by atoms with Crippen molar-refractivity contribution >= 4 is 44.0 Å². The van der Waals surface area contributed by atoms with Crippen molar-refractivity contribution in [1.82, 2.24) is 29.5 Å². The molecule has 4 heterocycles. The van der Waals surface area contributed by atoms with Crippen molar-refractivity contribution in [2.75, 3.05) is 0 Å². The number of fused-ring (bicyclic) bond motifs is 7. The Labute approximate surface area is 251 Å². The normalized spacial score (nSPS) is 11.6. The highest BCUT2D eigenvalue weighted by Crippen LogP contribution is 2.40. The fourth-order valence-corrected chi connectivity index (χ4v) is 6.00. The van der Waals surface area contributed by atoms with E-state index in [-0.39, 0.29) is 0 Å². The number of aromatic nitrogens is 6. The molecule has 9 rings (SSSR count). The van der Waals surface area contributed by atoms with Crippen molar-refractivity contribution in [2.45, 2.75) is 0 Å². The first-order chi connectivity index (χ1) is 21.8. The van der Waals surface area contributed by atoms with Crippen LogP contribution < -0.4 is 0 Å². The molecule has 0 saturated carbocycles. The molecule has 0 saturated heterocycles. The molecule has 44 heavy (non-hydrogen) atoms. The number of para-hydroxylation sites is 1. The van der Waals surface area contributed by atoms with Gasteiger partial charge in [-0.1, -0.05) is 91.0 Å². The maximum Gasteiger partial charge on any atom is 0.164 e. The molecule has 0 radical (unpaired) electrons. The molecule has 0 unspecified atom stereocenters. The molecule has 0 bridgehead atoms. The standard InChI is InChI=1S/C37H22N6O/c1-3-10-23(11-4-1)34-40-35(24-12-5-2-6-13-24)42-36(41-34)25-14-9-15-26(22-25)43-28-18-19-30-31(27-16-7-8-17-29(27)44-30)32(28)33-37(43)39-21-20-38-33/h1-22H. The summed E-state index contributed by atoms with van der Waals surface area (Å²) in [6.07, 6.45) is 3.47. The fourth-order valence-electron chi connectivity index (χ4n) is 6.00. The fraction of sp³-hybridized carbons (Fsp3) is 0. The summed E-state index contributed by atoms with van der Waals surface area (Å²) in [5.74, 6) is 1.84. The van der Waals surface area contributed by atoms with Gasteiger partial charge in [0, 0.05) is 50.9 Å². The van der Waals surface area contributed by atoms with Crippen molar-refractivity contribution in [3.05, 3.63) is 134 Å². The Balaban J connectivity index is 1.28. The zero-order valence-corrected chi connectivity index (χ0v) is 23.3. The van der Waals surface area contributed by atoms with Crippen LogP contribution in [0, 0.1) is 0 Å². The summed E-state index contributed by atoms with van der Waals surface area (Å²) < 4.78 is 8.37. The minimum absolute atomic E-state index is 0.592. The van der Waals surface area contributed by atoms with Crippen LogP contribution in [-0.4, -0.2) is 29.5 Å². The second-order valence-corrected chi connectivity index (χ2v) is 10.6. The molecule has 0 amide bonds. The molecule has 0 atom stereocenters. The molecule has 206 valence electrons. The summed E-state index contributed by atoms with van der Waals surface area (Å²) in [6, 6.07) is 40.5. The van der Waals surface area contributed by atoms with Crippen molar-refractivity contribution < 1.29 is 4.42 Å². The lowest BCUT2D eigenvalue weighted by molar-refractivity contribution is 0.669. The molecule has 9 aromatic rings. The van der Waals surface area contributed by atoms with E-state index in [1.54, 1.807) is 12.4 Å². The van der Waals surface area contributed by atoms with Gasteiger partial charge in [0.25, 0.3) is 0 Å². The Kier molecular flexibility index (Phi) is 5.36. The highest BCUT2D eigenvalue weighted by atomic mass is 16.3. The predicted molar refractivity (Wildman–Crippen MR) is 173 cm³/mol. The van der Waals surface area contributed by atoms with Gasteiger partial charge >= 0.3 is 0 Å². The smallest absolute Gasteiger partial charge is 0.164 e. The molecule has 4 aromatic heterocycles. The second kappa shape index (κ2) is 9.68. The van der Waals surface area contributed by atoms with Gasteiger partial charge < -0.3 is 4.42 Å². The van der Waals surface area contributed by atoms with Gasteiger partial charge in [-0.05, 0) is 30.3 Å². The average Bonchev–Trinajstić information content (AvgIpc) is 3.64. The largest absolute Gasteiger partial charge is 0.456 e. The van der Waals surface area contributed by atoms with E-state index in [9.17, 15) is 0 Å². The van der Waals surface area contributed by atoms with Crippen LogP contribution in [0.2, 0.25) is 0 Å². The summed E-state index contributed by atoms with van der Waals surface area (Å²) in [5.41, 5.74) is 7.91. The van der Waals surface area contributed by atoms with Crippen LogP contribution in [0.25, 0.3) is 83.9 Å². The SMILES string of the molecule is c1ccc(-c2nc(-c3ccccc3)nc(-c3cccc(-n4c5ccc6oc7ccccc7c6c5c5nccnc54)c3)n2)cc1. The van der Waals surface area contributed by atoms with E-state index >= 15 is 0 Å². The Morgan fingerprint density at radius 3 is 1.89 bits per heavy atom. The van der Waals surface area contributed by atoms with Gasteiger partial charge in [0.1, 0.15) is 16.7 Å². The van der Waals surface area contributed by atoms with Crippen LogP contribution in [0.1, 0.15) is 0 Å². The Morgan fingerprint density at radius 2 is 1.14 bits per heavy atom.